The van der Waals surface area contributed by atoms with Gasteiger partial charge in [-0.1, -0.05) is 73.9 Å². The summed E-state index contributed by atoms with van der Waals surface area (Å²) < 4.78 is 37.0. The Kier molecular flexibility index (Phi) is 43.9. The van der Waals surface area contributed by atoms with Crippen molar-refractivity contribution in [1.29, 1.82) is 0 Å². The highest BCUT2D eigenvalue weighted by Crippen LogP contribution is 2.40. The maximum atomic E-state index is 12.6. The average Bonchev–Trinajstić information content (AvgIpc) is 3.26. The number of carbonyl (C=O) groups is 2. The Morgan fingerprint density at radius 2 is 1.03 bits per heavy atom. The smallest absolute Gasteiger partial charge is 0.150 e. The van der Waals surface area contributed by atoms with Gasteiger partial charge in [0.15, 0.2) is 0 Å². The molecular weight excluding hydrogens is 915 g/mol. The van der Waals surface area contributed by atoms with E-state index >= 15 is 0 Å². The molecule has 0 aromatic heterocycles. The highest BCUT2D eigenvalue weighted by atomic mass is 31.2. The highest BCUT2D eigenvalue weighted by Gasteiger charge is 2.31. The molecule has 0 bridgehead atoms. The first-order valence-electron chi connectivity index (χ1n) is 24.4. The van der Waals surface area contributed by atoms with Crippen molar-refractivity contribution in [3.63, 3.8) is 0 Å². The topological polar surface area (TPSA) is 237 Å². The fraction of sp³-hybridized carbons (Fsp3) is 0.917. The number of Topliss-reactive ketones (excluding diaryl/α,β-unsaturated/α-hetero) is 2. The van der Waals surface area contributed by atoms with E-state index < -0.39 is 21.2 Å². The lowest BCUT2D eigenvalue weighted by Gasteiger charge is -2.35. The van der Waals surface area contributed by atoms with Gasteiger partial charge in [-0.15, -0.1) is 0 Å². The SMILES string of the molecule is C=P([O-])(OCC(CO)NC)OCC(COP(=C)([O-])OCC(CC(C)(C)C)NC)NC.CNCCCCC(CC(=O)[C@H](CCCCNC)NC)C(=O)C(C)C.COCC(COC)(COC)CC(C)C. The van der Waals surface area contributed by atoms with Crippen molar-refractivity contribution in [3.05, 3.63) is 0 Å². The highest BCUT2D eigenvalue weighted by molar-refractivity contribution is 7.57. The zero-order valence-corrected chi connectivity index (χ0v) is 47.5. The summed E-state index contributed by atoms with van der Waals surface area (Å²) in [7, 11) is 8.91. The molecule has 410 valence electrons. The first kappa shape index (κ1) is 71.6. The van der Waals surface area contributed by atoms with Crippen molar-refractivity contribution in [2.45, 2.75) is 130 Å². The summed E-state index contributed by atoms with van der Waals surface area (Å²) in [5.41, 5.74) is 0.0959. The van der Waals surface area contributed by atoms with Crippen molar-refractivity contribution in [2.75, 3.05) is 130 Å². The van der Waals surface area contributed by atoms with Crippen LogP contribution in [0.1, 0.15) is 106 Å². The van der Waals surface area contributed by atoms with Crippen LogP contribution < -0.4 is 41.7 Å². The third-order valence-electron chi connectivity index (χ3n) is 10.9. The molecule has 0 aliphatic heterocycles. The molecule has 0 amide bonds. The molecule has 0 radical (unpaired) electrons. The number of hydrogen-bond donors (Lipinski definition) is 7. The number of nitrogens with one attached hydrogen (secondary N) is 6. The molecule has 18 nitrogen and oxygen atoms in total. The second-order valence-corrected chi connectivity index (χ2v) is 23.1. The van der Waals surface area contributed by atoms with Crippen molar-refractivity contribution >= 4 is 39.3 Å². The Morgan fingerprint density at radius 3 is 1.37 bits per heavy atom. The first-order chi connectivity index (χ1) is 31.8. The Morgan fingerprint density at radius 1 is 0.618 bits per heavy atom. The van der Waals surface area contributed by atoms with Gasteiger partial charge < -0.3 is 79.1 Å². The van der Waals surface area contributed by atoms with E-state index in [4.69, 9.17) is 37.4 Å². The largest absolute Gasteiger partial charge is 0.789 e. The minimum atomic E-state index is -3.58. The third-order valence-corrected chi connectivity index (χ3v) is 13.1. The van der Waals surface area contributed by atoms with E-state index in [-0.39, 0.29) is 85.4 Å². The maximum absolute atomic E-state index is 12.6. The van der Waals surface area contributed by atoms with Crippen LogP contribution >= 0.6 is 15.1 Å². The molecule has 0 aliphatic carbocycles. The van der Waals surface area contributed by atoms with Gasteiger partial charge in [-0.3, -0.25) is 9.59 Å². The predicted molar refractivity (Wildman–Crippen MR) is 280 cm³/mol. The molecule has 7 atom stereocenters. The molecule has 0 aromatic carbocycles. The lowest BCUT2D eigenvalue weighted by molar-refractivity contribution is -0.210. The van der Waals surface area contributed by atoms with Gasteiger partial charge in [0.05, 0.1) is 71.0 Å². The molecule has 0 spiro atoms. The third kappa shape index (κ3) is 38.9. The summed E-state index contributed by atoms with van der Waals surface area (Å²) in [5.74, 6) is 0.918. The number of aliphatic hydroxyl groups is 1. The molecular formula is C48H104N6O12P2-2. The molecule has 0 fully saturated rings. The molecule has 0 saturated heterocycles. The standard InChI is InChI=1S/C19H39N3O2.C18H41N3O7P2.C11H24O3/c1-15(2)19(24)16(10-6-8-12-20-3)14-18(23)17(22-5)11-7-9-13-21-4;1-18(2,3)9-15(19-4)11-25-29(7,23)27-13-17(21-6)14-28-30(8,24)26-12-16(10-22)20-5;1-10(2)6-11(7-12-3,8-13-4)9-14-5/h15-17,20-22H,6-14H2,1-5H3;15-17,19-22H,7-14H2,1-6H3;10H,6-9H2,1-5H3/q;-2;/t16?,17-;;/m0../s1. The van der Waals surface area contributed by atoms with Crippen molar-refractivity contribution in [3.8, 4) is 0 Å². The van der Waals surface area contributed by atoms with E-state index in [0.29, 0.717) is 32.2 Å². The van der Waals surface area contributed by atoms with Crippen LogP contribution in [-0.4, -0.2) is 183 Å². The van der Waals surface area contributed by atoms with Gasteiger partial charge in [0.2, 0.25) is 0 Å². The van der Waals surface area contributed by atoms with Gasteiger partial charge in [0.1, 0.15) is 11.6 Å². The van der Waals surface area contributed by atoms with E-state index in [0.717, 1.165) is 64.5 Å². The summed E-state index contributed by atoms with van der Waals surface area (Å²) in [6.07, 6.45) is 15.1. The monoisotopic (exact) mass is 1020 g/mol. The van der Waals surface area contributed by atoms with E-state index in [1.165, 1.54) is 0 Å². The number of likely N-dealkylation sites (N-methyl/N-ethyl adjacent to an activating group) is 4. The molecule has 0 rings (SSSR count). The van der Waals surface area contributed by atoms with Crippen LogP contribution in [0.4, 0.5) is 0 Å². The number of hydrogen-bond acceptors (Lipinski definition) is 18. The quantitative estimate of drug-likeness (QED) is 0.0343. The molecule has 0 aromatic rings. The predicted octanol–water partition coefficient (Wildman–Crippen LogP) is 3.47. The van der Waals surface area contributed by atoms with Crippen LogP contribution in [0, 0.1) is 28.6 Å². The fourth-order valence-electron chi connectivity index (χ4n) is 7.41. The van der Waals surface area contributed by atoms with Crippen molar-refractivity contribution in [2.24, 2.45) is 28.6 Å². The Labute approximate surface area is 415 Å². The summed E-state index contributed by atoms with van der Waals surface area (Å²) in [6.45, 7) is 18.5. The minimum absolute atomic E-state index is 0.00392. The van der Waals surface area contributed by atoms with Gasteiger partial charge >= 0.3 is 0 Å². The minimum Gasteiger partial charge on any atom is -0.789 e. The van der Waals surface area contributed by atoms with Crippen LogP contribution in [0.5, 0.6) is 0 Å². The van der Waals surface area contributed by atoms with E-state index in [1.54, 1.807) is 35.4 Å². The van der Waals surface area contributed by atoms with Crippen LogP contribution in [0.2, 0.25) is 0 Å². The Hall–Kier alpha value is -0.700. The number of methoxy groups -OCH3 is 3. The van der Waals surface area contributed by atoms with E-state index in [1.807, 2.05) is 42.0 Å². The van der Waals surface area contributed by atoms with Crippen LogP contribution in [0.25, 0.3) is 0 Å². The summed E-state index contributed by atoms with van der Waals surface area (Å²) in [6, 6.07) is -0.917. The van der Waals surface area contributed by atoms with Gasteiger partial charge in [-0.2, -0.15) is 0 Å². The zero-order chi connectivity index (χ0) is 52.8. The second-order valence-electron chi connectivity index (χ2n) is 19.7. The molecule has 7 N–H and O–H groups in total. The molecule has 68 heavy (non-hydrogen) atoms. The number of rotatable bonds is 41. The molecule has 0 saturated carbocycles. The van der Waals surface area contributed by atoms with Crippen LogP contribution in [0.15, 0.2) is 0 Å². The maximum Gasteiger partial charge on any atom is 0.150 e. The van der Waals surface area contributed by atoms with E-state index in [9.17, 15) is 19.4 Å². The van der Waals surface area contributed by atoms with Gasteiger partial charge in [-0.05, 0) is 105 Å². The van der Waals surface area contributed by atoms with Crippen molar-refractivity contribution < 1.29 is 56.8 Å². The number of ketones is 2. The summed E-state index contributed by atoms with van der Waals surface area (Å²) >= 11 is 0. The normalized spacial score (nSPS) is 16.1. The first-order valence-corrected chi connectivity index (χ1v) is 27.9. The van der Waals surface area contributed by atoms with E-state index in [2.05, 4.69) is 79.1 Å². The zero-order valence-electron chi connectivity index (χ0n) is 45.7. The summed E-state index contributed by atoms with van der Waals surface area (Å²) in [4.78, 5) is 49.8. The Balaban J connectivity index is -0.000000992. The van der Waals surface area contributed by atoms with Crippen LogP contribution in [-0.2, 0) is 41.9 Å². The number of carbonyl (C=O) groups excluding carboxylic acids is 2. The Bertz CT molecular complexity index is 1310. The van der Waals surface area contributed by atoms with Crippen molar-refractivity contribution in [1.82, 2.24) is 31.9 Å². The number of aliphatic hydroxyl groups excluding tert-OH is 1. The lowest BCUT2D eigenvalue weighted by Crippen LogP contribution is -2.37. The summed E-state index contributed by atoms with van der Waals surface area (Å²) in [5, 5.41) is 27.4. The number of unbranched alkanes of at least 4 members (excludes halogenated alkanes) is 2. The fourth-order valence-corrected chi connectivity index (χ4v) is 9.19. The lowest BCUT2D eigenvalue weighted by atomic mass is 9.82. The molecule has 6 unspecified atom stereocenters. The average molecular weight is 1020 g/mol. The van der Waals surface area contributed by atoms with Gasteiger partial charge in [0.25, 0.3) is 0 Å². The molecule has 20 heteroatoms. The molecule has 0 aliphatic rings. The molecule has 0 heterocycles. The second kappa shape index (κ2) is 41.7. The number of ether oxygens (including phenoxy) is 3. The van der Waals surface area contributed by atoms with Crippen LogP contribution in [0.3, 0.4) is 0 Å². The van der Waals surface area contributed by atoms with Gasteiger partial charge in [0, 0.05) is 66.2 Å². The van der Waals surface area contributed by atoms with Gasteiger partial charge in [-0.25, -0.2) is 0 Å².